The Morgan fingerprint density at radius 3 is 2.43 bits per heavy atom. The number of hydrogen-bond donors (Lipinski definition) is 1. The summed E-state index contributed by atoms with van der Waals surface area (Å²) in [7, 11) is 1.83. The van der Waals surface area contributed by atoms with E-state index in [2.05, 4.69) is 27.7 Å². The average Bonchev–Trinajstić information content (AvgIpc) is 2.49. The van der Waals surface area contributed by atoms with Crippen LogP contribution in [0.2, 0.25) is 0 Å². The molecular formula is C18H35N3O2. The second-order valence-corrected chi connectivity index (χ2v) is 7.65. The van der Waals surface area contributed by atoms with Gasteiger partial charge in [-0.15, -0.1) is 0 Å². The van der Waals surface area contributed by atoms with Gasteiger partial charge in [-0.1, -0.05) is 27.7 Å². The van der Waals surface area contributed by atoms with E-state index in [1.165, 1.54) is 0 Å². The fraction of sp³-hybridized carbons (Fsp3) is 0.889. The summed E-state index contributed by atoms with van der Waals surface area (Å²) < 4.78 is 0. The number of carbonyl (C=O) groups is 2. The Labute approximate surface area is 141 Å². The summed E-state index contributed by atoms with van der Waals surface area (Å²) in [6.07, 6.45) is 4.03. The van der Waals surface area contributed by atoms with E-state index in [1.54, 1.807) is 4.90 Å². The van der Waals surface area contributed by atoms with E-state index in [1.807, 2.05) is 11.9 Å². The van der Waals surface area contributed by atoms with Crippen molar-refractivity contribution in [1.82, 2.24) is 9.80 Å². The van der Waals surface area contributed by atoms with Crippen LogP contribution in [0.1, 0.15) is 59.8 Å². The van der Waals surface area contributed by atoms with Gasteiger partial charge in [0.1, 0.15) is 6.04 Å². The highest BCUT2D eigenvalue weighted by atomic mass is 16.2. The van der Waals surface area contributed by atoms with Crippen LogP contribution < -0.4 is 5.73 Å². The minimum Gasteiger partial charge on any atom is -0.344 e. The predicted molar refractivity (Wildman–Crippen MR) is 93.9 cm³/mol. The summed E-state index contributed by atoms with van der Waals surface area (Å²) >= 11 is 0. The van der Waals surface area contributed by atoms with Crippen molar-refractivity contribution in [3.8, 4) is 0 Å². The summed E-state index contributed by atoms with van der Waals surface area (Å²) in [6.45, 7) is 9.75. The van der Waals surface area contributed by atoms with E-state index in [4.69, 9.17) is 5.73 Å². The molecule has 1 fully saturated rings. The van der Waals surface area contributed by atoms with Crippen LogP contribution in [0.5, 0.6) is 0 Å². The molecule has 0 bridgehead atoms. The van der Waals surface area contributed by atoms with Crippen LogP contribution in [-0.2, 0) is 9.59 Å². The number of nitrogens with two attached hydrogens (primary N) is 1. The van der Waals surface area contributed by atoms with Crippen molar-refractivity contribution < 1.29 is 9.59 Å². The van der Waals surface area contributed by atoms with Crippen molar-refractivity contribution in [2.75, 3.05) is 20.1 Å². The molecule has 23 heavy (non-hydrogen) atoms. The van der Waals surface area contributed by atoms with Gasteiger partial charge in [-0.2, -0.15) is 0 Å². The lowest BCUT2D eigenvalue weighted by Crippen LogP contribution is -2.52. The lowest BCUT2D eigenvalue weighted by molar-refractivity contribution is -0.147. The first kappa shape index (κ1) is 19.9. The molecule has 1 aliphatic rings. The molecule has 0 aromatic carbocycles. The maximum absolute atomic E-state index is 12.9. The smallest absolute Gasteiger partial charge is 0.245 e. The molecule has 1 rings (SSSR count). The van der Waals surface area contributed by atoms with Gasteiger partial charge in [0.15, 0.2) is 0 Å². The molecule has 1 heterocycles. The molecule has 0 saturated carbocycles. The fourth-order valence-corrected chi connectivity index (χ4v) is 3.00. The second kappa shape index (κ2) is 9.26. The van der Waals surface area contributed by atoms with Gasteiger partial charge < -0.3 is 15.5 Å². The van der Waals surface area contributed by atoms with Gasteiger partial charge in [-0.3, -0.25) is 9.59 Å². The quantitative estimate of drug-likeness (QED) is 0.744. The first-order valence-corrected chi connectivity index (χ1v) is 9.04. The van der Waals surface area contributed by atoms with Gasteiger partial charge in [0.25, 0.3) is 0 Å². The number of hydrogen-bond acceptors (Lipinski definition) is 3. The maximum atomic E-state index is 12.9. The molecule has 1 aliphatic heterocycles. The predicted octanol–water partition coefficient (Wildman–Crippen LogP) is 2.25. The van der Waals surface area contributed by atoms with Crippen LogP contribution in [-0.4, -0.2) is 53.8 Å². The molecule has 0 spiro atoms. The third kappa shape index (κ3) is 6.13. The highest BCUT2D eigenvalue weighted by molar-refractivity contribution is 5.88. The molecule has 2 N–H and O–H groups in total. The molecule has 0 aromatic rings. The SMILES string of the molecule is CC(C)CC(C(=O)N(C)CCC(N)C(C)C)N1CCCCC1=O. The summed E-state index contributed by atoms with van der Waals surface area (Å²) in [5, 5.41) is 0. The van der Waals surface area contributed by atoms with E-state index in [9.17, 15) is 9.59 Å². The van der Waals surface area contributed by atoms with E-state index < -0.39 is 0 Å². The van der Waals surface area contributed by atoms with Crippen molar-refractivity contribution >= 4 is 11.8 Å². The zero-order valence-electron chi connectivity index (χ0n) is 15.5. The van der Waals surface area contributed by atoms with Crippen molar-refractivity contribution in [3.63, 3.8) is 0 Å². The Morgan fingerprint density at radius 1 is 1.26 bits per heavy atom. The normalized spacial score (nSPS) is 18.4. The summed E-state index contributed by atoms with van der Waals surface area (Å²) in [6, 6.07) is -0.214. The van der Waals surface area contributed by atoms with Gasteiger partial charge >= 0.3 is 0 Å². The minimum atomic E-state index is -0.317. The second-order valence-electron chi connectivity index (χ2n) is 7.65. The number of carbonyl (C=O) groups excluding carboxylic acids is 2. The lowest BCUT2D eigenvalue weighted by Gasteiger charge is -2.37. The van der Waals surface area contributed by atoms with Gasteiger partial charge in [-0.25, -0.2) is 0 Å². The van der Waals surface area contributed by atoms with E-state index in [0.29, 0.717) is 31.3 Å². The van der Waals surface area contributed by atoms with Crippen LogP contribution in [0.25, 0.3) is 0 Å². The van der Waals surface area contributed by atoms with Crippen LogP contribution in [0.15, 0.2) is 0 Å². The summed E-state index contributed by atoms with van der Waals surface area (Å²) in [5.41, 5.74) is 6.08. The third-order valence-corrected chi connectivity index (χ3v) is 4.75. The largest absolute Gasteiger partial charge is 0.344 e. The molecule has 5 heteroatoms. The van der Waals surface area contributed by atoms with Crippen molar-refractivity contribution in [1.29, 1.82) is 0 Å². The Bertz CT molecular complexity index is 396. The minimum absolute atomic E-state index is 0.0601. The Kier molecular flexibility index (Phi) is 8.03. The molecule has 2 amide bonds. The number of likely N-dealkylation sites (N-methyl/N-ethyl adjacent to an activating group) is 1. The van der Waals surface area contributed by atoms with Gasteiger partial charge in [-0.05, 0) is 37.5 Å². The van der Waals surface area contributed by atoms with E-state index >= 15 is 0 Å². The zero-order valence-corrected chi connectivity index (χ0v) is 15.5. The van der Waals surface area contributed by atoms with Gasteiger partial charge in [0, 0.05) is 32.6 Å². The first-order chi connectivity index (χ1) is 10.7. The van der Waals surface area contributed by atoms with Crippen molar-refractivity contribution in [2.24, 2.45) is 17.6 Å². The van der Waals surface area contributed by atoms with Crippen LogP contribution >= 0.6 is 0 Å². The zero-order chi connectivity index (χ0) is 17.6. The van der Waals surface area contributed by atoms with Crippen LogP contribution in [0, 0.1) is 11.8 Å². The first-order valence-electron chi connectivity index (χ1n) is 9.04. The Balaban J connectivity index is 2.72. The molecule has 2 unspecified atom stereocenters. The average molecular weight is 325 g/mol. The van der Waals surface area contributed by atoms with Crippen molar-refractivity contribution in [3.05, 3.63) is 0 Å². The van der Waals surface area contributed by atoms with Crippen LogP contribution in [0.3, 0.4) is 0 Å². The molecule has 0 aromatic heterocycles. The standard InChI is InChI=1S/C18H35N3O2/c1-13(2)12-16(21-10-7-6-8-17(21)22)18(23)20(5)11-9-15(19)14(3)4/h13-16H,6-12,19H2,1-5H3. The highest BCUT2D eigenvalue weighted by Gasteiger charge is 2.33. The topological polar surface area (TPSA) is 66.6 Å². The van der Waals surface area contributed by atoms with Crippen molar-refractivity contribution in [2.45, 2.75) is 71.9 Å². The van der Waals surface area contributed by atoms with E-state index in [0.717, 1.165) is 25.7 Å². The molecule has 134 valence electrons. The third-order valence-electron chi connectivity index (χ3n) is 4.75. The number of amides is 2. The maximum Gasteiger partial charge on any atom is 0.245 e. The lowest BCUT2D eigenvalue weighted by atomic mass is 9.97. The molecular weight excluding hydrogens is 290 g/mol. The number of rotatable bonds is 8. The number of piperidine rings is 1. The molecule has 1 saturated heterocycles. The molecule has 0 aliphatic carbocycles. The monoisotopic (exact) mass is 325 g/mol. The molecule has 2 atom stereocenters. The van der Waals surface area contributed by atoms with Gasteiger partial charge in [0.2, 0.25) is 11.8 Å². The molecule has 5 nitrogen and oxygen atoms in total. The Morgan fingerprint density at radius 2 is 1.91 bits per heavy atom. The van der Waals surface area contributed by atoms with E-state index in [-0.39, 0.29) is 23.9 Å². The summed E-state index contributed by atoms with van der Waals surface area (Å²) in [5.74, 6) is 0.978. The summed E-state index contributed by atoms with van der Waals surface area (Å²) in [4.78, 5) is 28.7. The Hall–Kier alpha value is -1.10. The number of likely N-dealkylation sites (tertiary alicyclic amines) is 1. The van der Waals surface area contributed by atoms with Gasteiger partial charge in [0.05, 0.1) is 0 Å². The van der Waals surface area contributed by atoms with Crippen LogP contribution in [0.4, 0.5) is 0 Å². The fourth-order valence-electron chi connectivity index (χ4n) is 3.00. The highest BCUT2D eigenvalue weighted by Crippen LogP contribution is 2.20. The molecule has 0 radical (unpaired) electrons. The number of nitrogens with zero attached hydrogens (tertiary/aromatic N) is 2.